The average Bonchev–Trinajstić information content (AvgIpc) is 3.63. The maximum absolute atomic E-state index is 16.1. The number of carbonyl (C=O) groups excluding carboxylic acids is 6. The minimum atomic E-state index is -4.99. The van der Waals surface area contributed by atoms with Gasteiger partial charge in [0.2, 0.25) is 23.3 Å². The van der Waals surface area contributed by atoms with E-state index in [1.807, 2.05) is 25.8 Å². The van der Waals surface area contributed by atoms with Gasteiger partial charge in [-0.1, -0.05) is 12.1 Å². The number of alkyl halides is 3. The number of anilines is 3. The Bertz CT molecular complexity index is 2670. The maximum atomic E-state index is 16.1. The summed E-state index contributed by atoms with van der Waals surface area (Å²) < 4.78 is 85.6. The Balaban J connectivity index is 0.749. The minimum absolute atomic E-state index is 0.0361. The number of pyridine rings is 1. The molecule has 20 nitrogen and oxygen atoms in total. The number of halogens is 4. The van der Waals surface area contributed by atoms with E-state index in [4.69, 9.17) is 23.7 Å². The van der Waals surface area contributed by atoms with Gasteiger partial charge in [0.05, 0.1) is 106 Å². The van der Waals surface area contributed by atoms with Crippen LogP contribution in [-0.4, -0.2) is 179 Å². The van der Waals surface area contributed by atoms with Crippen LogP contribution in [0.5, 0.6) is 0 Å². The summed E-state index contributed by atoms with van der Waals surface area (Å²) in [6.07, 6.45) is -2.07. The van der Waals surface area contributed by atoms with Gasteiger partial charge in [-0.3, -0.25) is 48.7 Å². The number of rotatable bonds is 24. The van der Waals surface area contributed by atoms with Crippen molar-refractivity contribution in [3.05, 3.63) is 92.7 Å². The summed E-state index contributed by atoms with van der Waals surface area (Å²) in [4.78, 5) is 97.2. The van der Waals surface area contributed by atoms with Crippen LogP contribution in [0.25, 0.3) is 5.57 Å². The van der Waals surface area contributed by atoms with E-state index < -0.39 is 64.3 Å². The van der Waals surface area contributed by atoms with E-state index in [1.54, 1.807) is 23.1 Å². The van der Waals surface area contributed by atoms with Crippen LogP contribution in [0.4, 0.5) is 34.6 Å². The number of imide groups is 2. The monoisotopic (exact) mass is 1050 g/mol. The number of carbonyl (C=O) groups is 6. The zero-order valence-electron chi connectivity index (χ0n) is 42.0. The number of aromatic amines is 1. The lowest BCUT2D eigenvalue weighted by Crippen LogP contribution is -2.55. The van der Waals surface area contributed by atoms with Crippen LogP contribution >= 0.6 is 0 Å². The van der Waals surface area contributed by atoms with Crippen molar-refractivity contribution in [1.82, 2.24) is 25.0 Å². The lowest BCUT2D eigenvalue weighted by atomic mass is 9.96. The Hall–Kier alpha value is -6.57. The number of fused-ring (bicyclic) bond motifs is 1. The molecule has 0 bridgehead atoms. The van der Waals surface area contributed by atoms with Crippen molar-refractivity contribution in [3.63, 3.8) is 0 Å². The van der Waals surface area contributed by atoms with Crippen LogP contribution < -0.4 is 26.4 Å². The summed E-state index contributed by atoms with van der Waals surface area (Å²) >= 11 is 0. The van der Waals surface area contributed by atoms with Crippen molar-refractivity contribution in [2.75, 3.05) is 121 Å². The fourth-order valence-corrected chi connectivity index (χ4v) is 9.22. The molecule has 4 aliphatic rings. The van der Waals surface area contributed by atoms with Crippen LogP contribution in [0.2, 0.25) is 0 Å². The number of likely N-dealkylation sites (N-methyl/N-ethyl adjacent to an activating group) is 1. The topological polar surface area (TPSA) is 230 Å². The highest BCUT2D eigenvalue weighted by Crippen LogP contribution is 2.38. The molecule has 2 aromatic carbocycles. The third-order valence-electron chi connectivity index (χ3n) is 13.4. The quantitative estimate of drug-likeness (QED) is 0.0566. The van der Waals surface area contributed by atoms with E-state index in [1.165, 1.54) is 18.2 Å². The van der Waals surface area contributed by atoms with Crippen LogP contribution in [0, 0.1) is 5.82 Å². The molecule has 0 saturated carbocycles. The zero-order chi connectivity index (χ0) is 53.8. The molecule has 0 spiro atoms. The SMILES string of the molecule is C[C@@H]1CN(c2cc(F)c(C3=CCN(C(=O)CCOCCOCCOCCOCCOCCNc4cccc5c4C(=O)N(C4CCC(=O)NC4=O)C5=O)CC3)cc2NC(=O)c2c[nH]c(=O)cc2C(F)(F)F)C[C@H](C)N1C. The molecule has 5 heterocycles. The average molecular weight is 1060 g/mol. The Morgan fingerprint density at radius 3 is 2.04 bits per heavy atom. The number of hydrogen-bond donors (Lipinski definition) is 4. The Labute approximate surface area is 430 Å². The largest absolute Gasteiger partial charge is 0.417 e. The summed E-state index contributed by atoms with van der Waals surface area (Å²) in [6, 6.07) is 6.88. The van der Waals surface area contributed by atoms with Gasteiger partial charge in [-0.15, -0.1) is 0 Å². The van der Waals surface area contributed by atoms with Gasteiger partial charge < -0.3 is 49.1 Å². The molecular weight excluding hydrogens is 993 g/mol. The molecule has 3 atom stereocenters. The molecule has 406 valence electrons. The lowest BCUT2D eigenvalue weighted by Gasteiger charge is -2.44. The smallest absolute Gasteiger partial charge is 0.382 e. The highest BCUT2D eigenvalue weighted by molar-refractivity contribution is 6.25. The number of nitrogens with one attached hydrogen (secondary N) is 4. The molecule has 2 saturated heterocycles. The number of aromatic nitrogens is 1. The number of amides is 6. The molecule has 0 radical (unpaired) electrons. The van der Waals surface area contributed by atoms with Crippen LogP contribution in [-0.2, 0) is 44.2 Å². The first-order valence-electron chi connectivity index (χ1n) is 24.8. The third kappa shape index (κ3) is 14.2. The van der Waals surface area contributed by atoms with Gasteiger partial charge in [0.15, 0.2) is 0 Å². The minimum Gasteiger partial charge on any atom is -0.382 e. The fraction of sp³-hybridized carbons (Fsp3) is 0.510. The molecule has 75 heavy (non-hydrogen) atoms. The Morgan fingerprint density at radius 2 is 1.43 bits per heavy atom. The molecule has 3 aromatic rings. The first-order chi connectivity index (χ1) is 35.9. The summed E-state index contributed by atoms with van der Waals surface area (Å²) in [7, 11) is 1.97. The predicted octanol–water partition coefficient (Wildman–Crippen LogP) is 3.92. The van der Waals surface area contributed by atoms with Gasteiger partial charge in [-0.25, -0.2) is 4.39 Å². The molecule has 6 amide bonds. The highest BCUT2D eigenvalue weighted by Gasteiger charge is 2.46. The van der Waals surface area contributed by atoms with Crippen molar-refractivity contribution in [1.29, 1.82) is 0 Å². The molecule has 0 aliphatic carbocycles. The highest BCUT2D eigenvalue weighted by atomic mass is 19.4. The van der Waals surface area contributed by atoms with Crippen molar-refractivity contribution in [2.24, 2.45) is 0 Å². The van der Waals surface area contributed by atoms with Crippen LogP contribution in [0.1, 0.15) is 81.7 Å². The van der Waals surface area contributed by atoms with E-state index in [0.29, 0.717) is 88.5 Å². The van der Waals surface area contributed by atoms with Gasteiger partial charge >= 0.3 is 6.18 Å². The number of nitrogens with zero attached hydrogens (tertiary/aromatic N) is 4. The summed E-state index contributed by atoms with van der Waals surface area (Å²) in [5, 5.41) is 7.88. The van der Waals surface area contributed by atoms with Crippen molar-refractivity contribution < 1.29 is 70.0 Å². The fourth-order valence-electron chi connectivity index (χ4n) is 9.22. The van der Waals surface area contributed by atoms with Crippen molar-refractivity contribution in [2.45, 2.75) is 63.8 Å². The van der Waals surface area contributed by atoms with Gasteiger partial charge in [-0.05, 0) is 63.6 Å². The second-order valence-corrected chi connectivity index (χ2v) is 18.4. The van der Waals surface area contributed by atoms with E-state index in [9.17, 15) is 46.7 Å². The van der Waals surface area contributed by atoms with Crippen molar-refractivity contribution >= 4 is 58.1 Å². The number of benzene rings is 2. The molecule has 4 N–H and O–H groups in total. The van der Waals surface area contributed by atoms with Gasteiger partial charge in [0.25, 0.3) is 17.7 Å². The second kappa shape index (κ2) is 25.8. The normalized spacial score (nSPS) is 19.3. The number of ether oxygens (including phenoxy) is 5. The Kier molecular flexibility index (Phi) is 19.3. The molecule has 2 fully saturated rings. The molecule has 1 unspecified atom stereocenters. The second-order valence-electron chi connectivity index (χ2n) is 18.4. The summed E-state index contributed by atoms with van der Waals surface area (Å²) in [5.41, 5.74) is -1.32. The third-order valence-corrected chi connectivity index (χ3v) is 13.4. The summed E-state index contributed by atoms with van der Waals surface area (Å²) in [5.74, 6) is -4.18. The van der Waals surface area contributed by atoms with E-state index in [-0.39, 0.29) is 106 Å². The van der Waals surface area contributed by atoms with E-state index >= 15 is 4.39 Å². The number of piperazine rings is 1. The molecule has 4 aliphatic heterocycles. The van der Waals surface area contributed by atoms with E-state index in [0.717, 1.165) is 4.90 Å². The zero-order valence-corrected chi connectivity index (χ0v) is 42.0. The molecule has 24 heteroatoms. The predicted molar refractivity (Wildman–Crippen MR) is 265 cm³/mol. The lowest BCUT2D eigenvalue weighted by molar-refractivity contribution is -0.138. The Morgan fingerprint density at radius 1 is 0.787 bits per heavy atom. The molecule has 7 rings (SSSR count). The standard InChI is InChI=1S/C51H62F4N8O12/c1-31-29-62(30-32(2)60(31)3)42-27-38(52)35(25-40(42)58-47(67)36-28-57-44(65)26-37(36)51(53,54)55)33-9-13-61(14-10-33)45(66)11-15-71-17-19-73-21-23-75-24-22-74-20-18-72-16-12-56-39-6-4-5-34-46(39)50(70)63(49(34)69)41-7-8-43(64)59-48(41)68/h4-6,9,25-28,31-32,41,56H,7-8,10-24,29-30H2,1-3H3,(H,57,65)(H,58,67)(H,59,64,68)/t31-,32+,41?. The summed E-state index contributed by atoms with van der Waals surface area (Å²) in [6.45, 7) is 8.63. The number of H-pyrrole nitrogens is 1. The van der Waals surface area contributed by atoms with Crippen LogP contribution in [0.15, 0.2) is 53.5 Å². The number of piperidine rings is 1. The maximum Gasteiger partial charge on any atom is 0.417 e. The van der Waals surface area contributed by atoms with E-state index in [2.05, 4.69) is 25.8 Å². The van der Waals surface area contributed by atoms with Gasteiger partial charge in [0.1, 0.15) is 11.9 Å². The molecule has 1 aromatic heterocycles. The van der Waals surface area contributed by atoms with Gasteiger partial charge in [-0.2, -0.15) is 13.2 Å². The first-order valence-corrected chi connectivity index (χ1v) is 24.8. The van der Waals surface area contributed by atoms with Crippen molar-refractivity contribution in [3.8, 4) is 0 Å². The molecular formula is C51H62F4N8O12. The first kappa shape index (κ1) is 56.2. The van der Waals surface area contributed by atoms with Gasteiger partial charge in [0, 0.05) is 74.7 Å². The van der Waals surface area contributed by atoms with Crippen LogP contribution in [0.3, 0.4) is 0 Å². The number of hydrogen-bond acceptors (Lipinski definition) is 15.